The van der Waals surface area contributed by atoms with Gasteiger partial charge in [0.25, 0.3) is 5.91 Å². The molecule has 0 bridgehead atoms. The summed E-state index contributed by atoms with van der Waals surface area (Å²) in [6.45, 7) is 2.88. The van der Waals surface area contributed by atoms with Gasteiger partial charge in [-0.05, 0) is 62.2 Å². The van der Waals surface area contributed by atoms with Gasteiger partial charge >= 0.3 is 6.18 Å². The van der Waals surface area contributed by atoms with Crippen LogP contribution in [0.5, 0.6) is 5.75 Å². The second-order valence-electron chi connectivity index (χ2n) is 7.08. The number of piperidine rings is 1. The molecule has 1 N–H and O–H groups in total. The summed E-state index contributed by atoms with van der Waals surface area (Å²) < 4.78 is 71.0. The first-order valence-electron chi connectivity index (χ1n) is 9.88. The van der Waals surface area contributed by atoms with Gasteiger partial charge in [0.05, 0.1) is 22.8 Å². The summed E-state index contributed by atoms with van der Waals surface area (Å²) in [4.78, 5) is 12.6. The van der Waals surface area contributed by atoms with Crippen LogP contribution >= 0.6 is 0 Å². The zero-order valence-electron chi connectivity index (χ0n) is 16.9. The van der Waals surface area contributed by atoms with Crippen LogP contribution in [0, 0.1) is 0 Å². The minimum atomic E-state index is -4.51. The highest BCUT2D eigenvalue weighted by Gasteiger charge is 2.30. The molecule has 1 aliphatic heterocycles. The molecule has 0 radical (unpaired) electrons. The normalized spacial score (nSPS) is 15.5. The van der Waals surface area contributed by atoms with Crippen molar-refractivity contribution in [3.05, 3.63) is 53.6 Å². The molecular formula is C21H23F3N2O4S. The van der Waals surface area contributed by atoms with Gasteiger partial charge in [0.15, 0.2) is 0 Å². The summed E-state index contributed by atoms with van der Waals surface area (Å²) >= 11 is 0. The summed E-state index contributed by atoms with van der Waals surface area (Å²) in [7, 11) is -3.74. The lowest BCUT2D eigenvalue weighted by Gasteiger charge is -2.26. The van der Waals surface area contributed by atoms with Crippen LogP contribution in [0.25, 0.3) is 0 Å². The molecule has 0 atom stereocenters. The van der Waals surface area contributed by atoms with Crippen LogP contribution in [0.15, 0.2) is 47.4 Å². The number of amides is 1. The fourth-order valence-corrected chi connectivity index (χ4v) is 4.85. The molecule has 0 aliphatic carbocycles. The van der Waals surface area contributed by atoms with E-state index in [0.29, 0.717) is 13.1 Å². The first-order chi connectivity index (χ1) is 14.6. The number of anilines is 1. The van der Waals surface area contributed by atoms with E-state index >= 15 is 0 Å². The van der Waals surface area contributed by atoms with Crippen LogP contribution in [-0.4, -0.2) is 38.3 Å². The van der Waals surface area contributed by atoms with Crippen molar-refractivity contribution in [3.8, 4) is 5.75 Å². The Morgan fingerprint density at radius 2 is 1.71 bits per heavy atom. The Labute approximate surface area is 179 Å². The second kappa shape index (κ2) is 9.27. The predicted molar refractivity (Wildman–Crippen MR) is 110 cm³/mol. The highest BCUT2D eigenvalue weighted by Crippen LogP contribution is 2.32. The van der Waals surface area contributed by atoms with E-state index in [1.807, 2.05) is 0 Å². The number of rotatable bonds is 6. The van der Waals surface area contributed by atoms with E-state index in [-0.39, 0.29) is 28.5 Å². The molecule has 0 saturated carbocycles. The average Bonchev–Trinajstić information content (AvgIpc) is 2.75. The summed E-state index contributed by atoms with van der Waals surface area (Å²) in [6.07, 6.45) is -1.96. The molecule has 1 amide bonds. The maximum absolute atomic E-state index is 13.0. The van der Waals surface area contributed by atoms with Crippen LogP contribution in [-0.2, 0) is 16.2 Å². The number of hydrogen-bond donors (Lipinski definition) is 1. The highest BCUT2D eigenvalue weighted by molar-refractivity contribution is 7.89. The smallest absolute Gasteiger partial charge is 0.416 e. The molecule has 31 heavy (non-hydrogen) atoms. The molecule has 0 unspecified atom stereocenters. The van der Waals surface area contributed by atoms with E-state index in [9.17, 15) is 26.4 Å². The van der Waals surface area contributed by atoms with E-state index in [0.717, 1.165) is 43.5 Å². The molecule has 0 spiro atoms. The van der Waals surface area contributed by atoms with Crippen LogP contribution in [0.4, 0.5) is 18.9 Å². The van der Waals surface area contributed by atoms with Gasteiger partial charge in [0.1, 0.15) is 5.75 Å². The Kier molecular flexibility index (Phi) is 6.90. The van der Waals surface area contributed by atoms with Crippen molar-refractivity contribution < 1.29 is 31.1 Å². The third kappa shape index (κ3) is 5.37. The number of hydrogen-bond acceptors (Lipinski definition) is 4. The first-order valence-corrected chi connectivity index (χ1v) is 11.3. The van der Waals surface area contributed by atoms with E-state index in [1.54, 1.807) is 6.92 Å². The SMILES string of the molecule is CCOc1ccc(S(=O)(=O)N2CCCCC2)cc1NC(=O)c1ccc(C(F)(F)F)cc1. The van der Waals surface area contributed by atoms with Crippen LogP contribution < -0.4 is 10.1 Å². The fourth-order valence-electron chi connectivity index (χ4n) is 3.31. The molecule has 2 aromatic carbocycles. The Morgan fingerprint density at radius 1 is 1.06 bits per heavy atom. The summed E-state index contributed by atoms with van der Waals surface area (Å²) in [5.74, 6) is -0.414. The Bertz CT molecular complexity index is 1030. The number of nitrogens with zero attached hydrogens (tertiary/aromatic N) is 1. The van der Waals surface area contributed by atoms with E-state index in [2.05, 4.69) is 5.32 Å². The summed E-state index contributed by atoms with van der Waals surface area (Å²) in [5.41, 5.74) is -0.738. The number of halogens is 3. The fraction of sp³-hybridized carbons (Fsp3) is 0.381. The van der Waals surface area contributed by atoms with Gasteiger partial charge in [-0.25, -0.2) is 8.42 Å². The number of benzene rings is 2. The van der Waals surface area contributed by atoms with Gasteiger partial charge in [-0.15, -0.1) is 0 Å². The minimum Gasteiger partial charge on any atom is -0.492 e. The molecule has 0 aromatic heterocycles. The van der Waals surface area contributed by atoms with Crippen molar-refractivity contribution in [1.82, 2.24) is 4.31 Å². The minimum absolute atomic E-state index is 0.000241. The van der Waals surface area contributed by atoms with Crippen molar-refractivity contribution in [2.75, 3.05) is 25.0 Å². The van der Waals surface area contributed by atoms with Gasteiger partial charge in [-0.3, -0.25) is 4.79 Å². The maximum Gasteiger partial charge on any atom is 0.416 e. The third-order valence-corrected chi connectivity index (χ3v) is 6.82. The number of ether oxygens (including phenoxy) is 1. The van der Waals surface area contributed by atoms with E-state index in [1.165, 1.54) is 22.5 Å². The average molecular weight is 456 g/mol. The zero-order chi connectivity index (χ0) is 22.6. The quantitative estimate of drug-likeness (QED) is 0.693. The highest BCUT2D eigenvalue weighted by atomic mass is 32.2. The molecule has 1 saturated heterocycles. The van der Waals surface area contributed by atoms with Gasteiger partial charge < -0.3 is 10.1 Å². The summed E-state index contributed by atoms with van der Waals surface area (Å²) in [6, 6.07) is 7.95. The van der Waals surface area contributed by atoms with Gasteiger partial charge in [0, 0.05) is 18.7 Å². The predicted octanol–water partition coefficient (Wildman–Crippen LogP) is 4.53. The number of sulfonamides is 1. The standard InChI is InChI=1S/C21H23F3N2O4S/c1-2-30-19-11-10-17(31(28,29)26-12-4-3-5-13-26)14-18(19)25-20(27)15-6-8-16(9-7-15)21(22,23)24/h6-11,14H,2-5,12-13H2,1H3,(H,25,27). The van der Waals surface area contributed by atoms with Gasteiger partial charge in [-0.1, -0.05) is 6.42 Å². The lowest BCUT2D eigenvalue weighted by atomic mass is 10.1. The third-order valence-electron chi connectivity index (χ3n) is 4.93. The van der Waals surface area contributed by atoms with Crippen molar-refractivity contribution in [2.45, 2.75) is 37.3 Å². The molecule has 168 valence electrons. The van der Waals surface area contributed by atoms with E-state index < -0.39 is 27.7 Å². The zero-order valence-corrected chi connectivity index (χ0v) is 17.7. The number of nitrogens with one attached hydrogen (secondary N) is 1. The van der Waals surface area contributed by atoms with Gasteiger partial charge in [-0.2, -0.15) is 17.5 Å². The van der Waals surface area contributed by atoms with Crippen molar-refractivity contribution in [1.29, 1.82) is 0 Å². The van der Waals surface area contributed by atoms with Crippen molar-refractivity contribution in [2.24, 2.45) is 0 Å². The maximum atomic E-state index is 13.0. The first kappa shape index (κ1) is 23.1. The molecule has 1 fully saturated rings. The lowest BCUT2D eigenvalue weighted by Crippen LogP contribution is -2.35. The summed E-state index contributed by atoms with van der Waals surface area (Å²) in [5, 5.41) is 2.56. The van der Waals surface area contributed by atoms with E-state index in [4.69, 9.17) is 4.74 Å². The van der Waals surface area contributed by atoms with Crippen LogP contribution in [0.2, 0.25) is 0 Å². The molecule has 3 rings (SSSR count). The molecular weight excluding hydrogens is 433 g/mol. The monoisotopic (exact) mass is 456 g/mol. The second-order valence-corrected chi connectivity index (χ2v) is 9.02. The van der Waals surface area contributed by atoms with Gasteiger partial charge in [0.2, 0.25) is 10.0 Å². The van der Waals surface area contributed by atoms with Crippen molar-refractivity contribution in [3.63, 3.8) is 0 Å². The number of carbonyl (C=O) groups excluding carboxylic acids is 1. The number of carbonyl (C=O) groups is 1. The lowest BCUT2D eigenvalue weighted by molar-refractivity contribution is -0.137. The van der Waals surface area contributed by atoms with Crippen LogP contribution in [0.1, 0.15) is 42.1 Å². The molecule has 1 aliphatic rings. The van der Waals surface area contributed by atoms with Crippen LogP contribution in [0.3, 0.4) is 0 Å². The Balaban J connectivity index is 1.88. The molecule has 10 heteroatoms. The Morgan fingerprint density at radius 3 is 2.29 bits per heavy atom. The van der Waals surface area contributed by atoms with Crippen molar-refractivity contribution >= 4 is 21.6 Å². The molecule has 1 heterocycles. The number of alkyl halides is 3. The molecule has 6 nitrogen and oxygen atoms in total. The Hall–Kier alpha value is -2.59. The molecule has 2 aromatic rings. The topological polar surface area (TPSA) is 75.7 Å². The largest absolute Gasteiger partial charge is 0.492 e.